The highest BCUT2D eigenvalue weighted by Gasteiger charge is 2.43. The van der Waals surface area contributed by atoms with Gasteiger partial charge in [-0.1, -0.05) is 19.9 Å². The van der Waals surface area contributed by atoms with Crippen molar-refractivity contribution in [2.45, 2.75) is 32.6 Å². The second kappa shape index (κ2) is 10.3. The average Bonchev–Trinajstić information content (AvgIpc) is 2.86. The Kier molecular flexibility index (Phi) is 7.11. The lowest BCUT2D eigenvalue weighted by molar-refractivity contribution is -0.119. The Hall–Kier alpha value is -4.45. The van der Waals surface area contributed by atoms with Gasteiger partial charge in [0.15, 0.2) is 23.9 Å². The summed E-state index contributed by atoms with van der Waals surface area (Å²) in [5.41, 5.74) is 7.68. The van der Waals surface area contributed by atoms with Crippen molar-refractivity contribution in [2.24, 2.45) is 11.1 Å². The number of nitrogens with one attached hydrogen (secondary N) is 1. The number of amides is 1. The van der Waals surface area contributed by atoms with Crippen molar-refractivity contribution in [3.8, 4) is 23.3 Å². The Morgan fingerprint density at radius 2 is 1.86 bits per heavy atom. The maximum atomic E-state index is 13.2. The van der Waals surface area contributed by atoms with Crippen LogP contribution in [0.3, 0.4) is 0 Å². The number of benzene rings is 2. The maximum absolute atomic E-state index is 13.2. The van der Waals surface area contributed by atoms with Gasteiger partial charge < -0.3 is 30.0 Å². The van der Waals surface area contributed by atoms with E-state index in [0.29, 0.717) is 52.7 Å². The molecule has 37 heavy (non-hydrogen) atoms. The van der Waals surface area contributed by atoms with Gasteiger partial charge in [0.1, 0.15) is 23.2 Å². The monoisotopic (exact) mass is 503 g/mol. The molecular formula is C28H29N3O6. The molecule has 0 spiro atoms. The SMILES string of the molecule is COc1ccc(NC(=O)COc2ccc([C@@H]3C(C#N)=C(N)OC4=C3C(=O)CC(C)(C)C4)cc2OC)cc1. The molecule has 0 unspecified atom stereocenters. The van der Waals surface area contributed by atoms with Crippen molar-refractivity contribution >= 4 is 17.4 Å². The van der Waals surface area contributed by atoms with Crippen LogP contribution in [0.1, 0.15) is 38.2 Å². The zero-order chi connectivity index (χ0) is 26.7. The van der Waals surface area contributed by atoms with E-state index >= 15 is 0 Å². The normalized spacial score (nSPS) is 18.4. The van der Waals surface area contributed by atoms with Crippen molar-refractivity contribution in [1.29, 1.82) is 5.26 Å². The van der Waals surface area contributed by atoms with Gasteiger partial charge in [0, 0.05) is 24.1 Å². The number of hydrogen-bond acceptors (Lipinski definition) is 8. The molecule has 0 aromatic heterocycles. The molecule has 3 N–H and O–H groups in total. The van der Waals surface area contributed by atoms with Gasteiger partial charge in [0.2, 0.25) is 5.88 Å². The summed E-state index contributed by atoms with van der Waals surface area (Å²) in [7, 11) is 3.04. The summed E-state index contributed by atoms with van der Waals surface area (Å²) in [6, 6.07) is 14.1. The van der Waals surface area contributed by atoms with Crippen LogP contribution >= 0.6 is 0 Å². The van der Waals surface area contributed by atoms with E-state index in [0.717, 1.165) is 0 Å². The van der Waals surface area contributed by atoms with Crippen LogP contribution in [-0.4, -0.2) is 32.5 Å². The van der Waals surface area contributed by atoms with E-state index in [1.54, 1.807) is 49.6 Å². The Balaban J connectivity index is 1.56. The highest BCUT2D eigenvalue weighted by molar-refractivity contribution is 6.00. The molecule has 1 atom stereocenters. The maximum Gasteiger partial charge on any atom is 0.262 e. The van der Waals surface area contributed by atoms with Crippen molar-refractivity contribution in [2.75, 3.05) is 26.1 Å². The van der Waals surface area contributed by atoms with Gasteiger partial charge in [-0.15, -0.1) is 0 Å². The van der Waals surface area contributed by atoms with Gasteiger partial charge in [-0.3, -0.25) is 9.59 Å². The van der Waals surface area contributed by atoms with E-state index in [9.17, 15) is 14.9 Å². The topological polar surface area (TPSA) is 133 Å². The van der Waals surface area contributed by atoms with E-state index in [-0.39, 0.29) is 35.2 Å². The van der Waals surface area contributed by atoms with Crippen molar-refractivity contribution in [1.82, 2.24) is 0 Å². The number of nitrogens with zero attached hydrogens (tertiary/aromatic N) is 1. The minimum Gasteiger partial charge on any atom is -0.497 e. The molecule has 1 amide bonds. The third kappa shape index (κ3) is 5.38. The summed E-state index contributed by atoms with van der Waals surface area (Å²) in [5, 5.41) is 12.6. The number of hydrogen-bond donors (Lipinski definition) is 2. The molecule has 0 saturated heterocycles. The first-order valence-electron chi connectivity index (χ1n) is 11.7. The number of nitriles is 1. The first kappa shape index (κ1) is 25.6. The molecule has 2 aromatic rings. The Bertz CT molecular complexity index is 1330. The van der Waals surface area contributed by atoms with Crippen molar-refractivity contribution < 1.29 is 28.5 Å². The number of ether oxygens (including phenoxy) is 4. The van der Waals surface area contributed by atoms with Crippen LogP contribution < -0.4 is 25.3 Å². The molecule has 4 rings (SSSR count). The molecule has 0 bridgehead atoms. The second-order valence-corrected chi connectivity index (χ2v) is 9.68. The molecule has 9 nitrogen and oxygen atoms in total. The van der Waals surface area contributed by atoms with E-state index in [2.05, 4.69) is 11.4 Å². The van der Waals surface area contributed by atoms with Crippen LogP contribution in [0, 0.1) is 16.7 Å². The van der Waals surface area contributed by atoms with Crippen molar-refractivity contribution in [3.63, 3.8) is 0 Å². The van der Waals surface area contributed by atoms with Crippen LogP contribution in [0.25, 0.3) is 0 Å². The zero-order valence-electron chi connectivity index (χ0n) is 21.2. The molecule has 2 aliphatic rings. The average molecular weight is 504 g/mol. The molecule has 192 valence electrons. The first-order valence-corrected chi connectivity index (χ1v) is 11.7. The number of anilines is 1. The lowest BCUT2D eigenvalue weighted by atomic mass is 9.70. The largest absolute Gasteiger partial charge is 0.497 e. The standard InChI is InChI=1S/C28H29N3O6/c1-28(2)12-20(32)26-23(13-28)37-27(30)19(14-29)25(26)16-5-10-21(22(11-16)35-4)36-15-24(33)31-17-6-8-18(34-3)9-7-17/h5-11,25H,12-13,15,30H2,1-4H3,(H,31,33)/t25-/m1/s1. The van der Waals surface area contributed by atoms with E-state index in [1.807, 2.05) is 13.8 Å². The summed E-state index contributed by atoms with van der Waals surface area (Å²) in [5.74, 6) is 0.745. The number of carbonyl (C=O) groups excluding carboxylic acids is 2. The number of rotatable bonds is 7. The smallest absolute Gasteiger partial charge is 0.262 e. The van der Waals surface area contributed by atoms with E-state index < -0.39 is 5.92 Å². The fraction of sp³-hybridized carbons (Fsp3) is 0.321. The molecule has 0 fully saturated rings. The van der Waals surface area contributed by atoms with E-state index in [1.165, 1.54) is 7.11 Å². The molecule has 1 aliphatic carbocycles. The summed E-state index contributed by atoms with van der Waals surface area (Å²) < 4.78 is 22.1. The minimum atomic E-state index is -0.682. The molecule has 0 saturated carbocycles. The third-order valence-corrected chi connectivity index (χ3v) is 6.33. The van der Waals surface area contributed by atoms with Crippen molar-refractivity contribution in [3.05, 3.63) is 70.8 Å². The van der Waals surface area contributed by atoms with Crippen LogP contribution in [0.15, 0.2) is 65.3 Å². The molecule has 9 heteroatoms. The molecular weight excluding hydrogens is 474 g/mol. The summed E-state index contributed by atoms with van der Waals surface area (Å²) >= 11 is 0. The number of carbonyl (C=O) groups is 2. The van der Waals surface area contributed by atoms with Gasteiger partial charge in [-0.2, -0.15) is 5.26 Å². The van der Waals surface area contributed by atoms with Crippen LogP contribution in [0.4, 0.5) is 5.69 Å². The van der Waals surface area contributed by atoms with Gasteiger partial charge in [0.05, 0.1) is 20.1 Å². The van der Waals surface area contributed by atoms with Crippen LogP contribution in [0.2, 0.25) is 0 Å². The minimum absolute atomic E-state index is 0.00811. The van der Waals surface area contributed by atoms with Gasteiger partial charge >= 0.3 is 0 Å². The lowest BCUT2D eigenvalue weighted by Gasteiger charge is -2.37. The van der Waals surface area contributed by atoms with E-state index in [4.69, 9.17) is 24.7 Å². The Labute approximate surface area is 215 Å². The highest BCUT2D eigenvalue weighted by Crippen LogP contribution is 2.48. The predicted molar refractivity (Wildman–Crippen MR) is 136 cm³/mol. The Morgan fingerprint density at radius 3 is 2.51 bits per heavy atom. The first-order chi connectivity index (χ1) is 17.7. The van der Waals surface area contributed by atoms with Gasteiger partial charge in [0.25, 0.3) is 5.91 Å². The number of Topliss-reactive ketones (excluding diaryl/α,β-unsaturated/α-hetero) is 1. The molecule has 2 aromatic carbocycles. The number of allylic oxidation sites excluding steroid dienone is 3. The lowest BCUT2D eigenvalue weighted by Crippen LogP contribution is -2.33. The predicted octanol–water partition coefficient (Wildman–Crippen LogP) is 4.17. The summed E-state index contributed by atoms with van der Waals surface area (Å²) in [4.78, 5) is 25.6. The third-order valence-electron chi connectivity index (χ3n) is 6.33. The molecule has 1 aliphatic heterocycles. The molecule has 0 radical (unpaired) electrons. The number of nitrogens with two attached hydrogens (primary N) is 1. The summed E-state index contributed by atoms with van der Waals surface area (Å²) in [6.45, 7) is 3.73. The fourth-order valence-corrected chi connectivity index (χ4v) is 4.62. The number of methoxy groups -OCH3 is 2. The fourth-order valence-electron chi connectivity index (χ4n) is 4.62. The quantitative estimate of drug-likeness (QED) is 0.575. The van der Waals surface area contributed by atoms with Crippen LogP contribution in [0.5, 0.6) is 17.2 Å². The van der Waals surface area contributed by atoms with Gasteiger partial charge in [-0.25, -0.2) is 0 Å². The molecule has 1 heterocycles. The Morgan fingerprint density at radius 1 is 1.14 bits per heavy atom. The summed E-state index contributed by atoms with van der Waals surface area (Å²) in [6.07, 6.45) is 0.873. The van der Waals surface area contributed by atoms with Gasteiger partial charge in [-0.05, 0) is 47.4 Å². The van der Waals surface area contributed by atoms with Crippen LogP contribution in [-0.2, 0) is 14.3 Å². The number of ketones is 1. The highest BCUT2D eigenvalue weighted by atomic mass is 16.5. The second-order valence-electron chi connectivity index (χ2n) is 9.68. The zero-order valence-corrected chi connectivity index (χ0v) is 21.2.